The van der Waals surface area contributed by atoms with Gasteiger partial charge < -0.3 is 19.5 Å². The number of nitriles is 1. The summed E-state index contributed by atoms with van der Waals surface area (Å²) in [6, 6.07) is 24.7. The Morgan fingerprint density at radius 2 is 1.64 bits per heavy atom. The number of benzene rings is 3. The van der Waals surface area contributed by atoms with Crippen molar-refractivity contribution in [1.82, 2.24) is 5.32 Å². The Morgan fingerprint density at radius 1 is 0.909 bits per heavy atom. The molecule has 0 aliphatic carbocycles. The molecule has 0 fully saturated rings. The molecular weight excluding hydrogens is 416 g/mol. The zero-order chi connectivity index (χ0) is 23.5. The van der Waals surface area contributed by atoms with E-state index in [1.54, 1.807) is 20.3 Å². The molecule has 0 bridgehead atoms. The summed E-state index contributed by atoms with van der Waals surface area (Å²) in [5, 5.41) is 12.4. The van der Waals surface area contributed by atoms with E-state index in [1.807, 2.05) is 78.9 Å². The summed E-state index contributed by atoms with van der Waals surface area (Å²) in [5.41, 5.74) is 2.69. The number of nitrogens with zero attached hydrogens (tertiary/aromatic N) is 1. The zero-order valence-electron chi connectivity index (χ0n) is 18.7. The molecule has 0 atom stereocenters. The molecule has 0 radical (unpaired) electrons. The molecule has 6 heteroatoms. The van der Waals surface area contributed by atoms with Gasteiger partial charge in [0.15, 0.2) is 11.5 Å². The quantitative estimate of drug-likeness (QED) is 0.368. The van der Waals surface area contributed by atoms with E-state index < -0.39 is 5.91 Å². The molecule has 0 saturated heterocycles. The van der Waals surface area contributed by atoms with Gasteiger partial charge in [0.05, 0.1) is 14.2 Å². The molecule has 0 heterocycles. The second-order valence-electron chi connectivity index (χ2n) is 7.18. The maximum Gasteiger partial charge on any atom is 0.261 e. The lowest BCUT2D eigenvalue weighted by Crippen LogP contribution is -2.26. The van der Waals surface area contributed by atoms with Gasteiger partial charge in [0.25, 0.3) is 5.91 Å². The number of hydrogen-bond acceptors (Lipinski definition) is 5. The highest BCUT2D eigenvalue weighted by Gasteiger charge is 2.11. The molecule has 0 spiro atoms. The predicted octanol–water partition coefficient (Wildman–Crippen LogP) is 4.55. The highest BCUT2D eigenvalue weighted by atomic mass is 16.5. The van der Waals surface area contributed by atoms with Crippen LogP contribution >= 0.6 is 0 Å². The van der Waals surface area contributed by atoms with E-state index in [0.717, 1.165) is 11.1 Å². The highest BCUT2D eigenvalue weighted by molar-refractivity contribution is 6.01. The fourth-order valence-electron chi connectivity index (χ4n) is 3.22. The topological polar surface area (TPSA) is 80.6 Å². The minimum atomic E-state index is -0.434. The largest absolute Gasteiger partial charge is 0.493 e. The molecule has 0 saturated carbocycles. The third kappa shape index (κ3) is 6.62. The molecule has 1 amide bonds. The van der Waals surface area contributed by atoms with Gasteiger partial charge in [-0.15, -0.1) is 0 Å². The van der Waals surface area contributed by atoms with Crippen molar-refractivity contribution < 1.29 is 19.0 Å². The molecule has 0 aromatic heterocycles. The molecule has 0 aliphatic rings. The Labute approximate surface area is 194 Å². The van der Waals surface area contributed by atoms with Crippen molar-refractivity contribution in [3.8, 4) is 23.3 Å². The van der Waals surface area contributed by atoms with Crippen LogP contribution in [0.25, 0.3) is 6.08 Å². The summed E-state index contributed by atoms with van der Waals surface area (Å²) < 4.78 is 16.5. The predicted molar refractivity (Wildman–Crippen MR) is 127 cm³/mol. The van der Waals surface area contributed by atoms with E-state index in [4.69, 9.17) is 14.2 Å². The van der Waals surface area contributed by atoms with Crippen molar-refractivity contribution in [2.45, 2.75) is 13.0 Å². The number of methoxy groups -OCH3 is 2. The second-order valence-corrected chi connectivity index (χ2v) is 7.18. The molecule has 3 aromatic carbocycles. The average Bonchev–Trinajstić information content (AvgIpc) is 2.87. The molecule has 3 aromatic rings. The monoisotopic (exact) mass is 442 g/mol. The van der Waals surface area contributed by atoms with Gasteiger partial charge in [-0.05, 0) is 41.8 Å². The number of carbonyl (C=O) groups excluding carboxylic acids is 1. The molecule has 1 N–H and O–H groups in total. The molecule has 0 unspecified atom stereocenters. The number of amides is 1. The van der Waals surface area contributed by atoms with E-state index in [9.17, 15) is 10.1 Å². The maximum atomic E-state index is 12.6. The number of nitrogens with one attached hydrogen (secondary N) is 1. The number of carbonyl (C=O) groups is 1. The molecule has 168 valence electrons. The standard InChI is InChI=1S/C27H26N2O4/c1-31-25-13-12-20(16-26(25)32-2)14-15-29-27(30)23(18-28)17-22-10-6-7-11-24(22)33-19-21-8-4-3-5-9-21/h3-13,16-17H,14-15,19H2,1-2H3,(H,29,30)/b23-17+. The molecular formula is C27H26N2O4. The van der Waals surface area contributed by atoms with Crippen LogP contribution in [-0.4, -0.2) is 26.7 Å². The lowest BCUT2D eigenvalue weighted by molar-refractivity contribution is -0.117. The van der Waals surface area contributed by atoms with Gasteiger partial charge >= 0.3 is 0 Å². The summed E-state index contributed by atoms with van der Waals surface area (Å²) in [6.07, 6.45) is 2.13. The van der Waals surface area contributed by atoms with Crippen LogP contribution < -0.4 is 19.5 Å². The first kappa shape index (κ1) is 23.4. The number of rotatable bonds is 10. The van der Waals surface area contributed by atoms with Gasteiger partial charge in [0.2, 0.25) is 0 Å². The first-order valence-corrected chi connectivity index (χ1v) is 10.5. The maximum absolute atomic E-state index is 12.6. The Balaban J connectivity index is 1.63. The van der Waals surface area contributed by atoms with Crippen molar-refractivity contribution in [3.05, 3.63) is 95.1 Å². The minimum absolute atomic E-state index is 0.0121. The third-order valence-electron chi connectivity index (χ3n) is 4.97. The summed E-state index contributed by atoms with van der Waals surface area (Å²) in [5.74, 6) is 1.45. The minimum Gasteiger partial charge on any atom is -0.493 e. The van der Waals surface area contributed by atoms with Crippen LogP contribution in [0.2, 0.25) is 0 Å². The summed E-state index contributed by atoms with van der Waals surface area (Å²) in [4.78, 5) is 12.6. The van der Waals surface area contributed by atoms with E-state index in [2.05, 4.69) is 5.32 Å². The van der Waals surface area contributed by atoms with Crippen molar-refractivity contribution >= 4 is 12.0 Å². The van der Waals surface area contributed by atoms with Crippen molar-refractivity contribution in [2.24, 2.45) is 0 Å². The molecule has 6 nitrogen and oxygen atoms in total. The fourth-order valence-corrected chi connectivity index (χ4v) is 3.22. The van der Waals surface area contributed by atoms with Crippen LogP contribution in [0.4, 0.5) is 0 Å². The Morgan fingerprint density at radius 3 is 2.36 bits per heavy atom. The van der Waals surface area contributed by atoms with Gasteiger partial charge in [-0.25, -0.2) is 0 Å². The number of hydrogen-bond donors (Lipinski definition) is 1. The molecule has 33 heavy (non-hydrogen) atoms. The average molecular weight is 443 g/mol. The number of para-hydroxylation sites is 1. The summed E-state index contributed by atoms with van der Waals surface area (Å²) in [7, 11) is 3.16. The van der Waals surface area contributed by atoms with Crippen LogP contribution in [0.1, 0.15) is 16.7 Å². The lowest BCUT2D eigenvalue weighted by atomic mass is 10.1. The van der Waals surface area contributed by atoms with Crippen LogP contribution in [0, 0.1) is 11.3 Å². The highest BCUT2D eigenvalue weighted by Crippen LogP contribution is 2.27. The van der Waals surface area contributed by atoms with Gasteiger partial charge in [-0.1, -0.05) is 54.6 Å². The van der Waals surface area contributed by atoms with Crippen molar-refractivity contribution in [2.75, 3.05) is 20.8 Å². The van der Waals surface area contributed by atoms with Gasteiger partial charge in [0, 0.05) is 12.1 Å². The fraction of sp³-hybridized carbons (Fsp3) is 0.185. The Bertz CT molecular complexity index is 1150. The van der Waals surface area contributed by atoms with Crippen molar-refractivity contribution in [1.29, 1.82) is 5.26 Å². The lowest BCUT2D eigenvalue weighted by Gasteiger charge is -2.11. The Kier molecular flexibility index (Phi) is 8.49. The summed E-state index contributed by atoms with van der Waals surface area (Å²) in [6.45, 7) is 0.768. The molecule has 3 rings (SSSR count). The SMILES string of the molecule is COc1ccc(CCNC(=O)/C(C#N)=C/c2ccccc2OCc2ccccc2)cc1OC. The van der Waals surface area contributed by atoms with Gasteiger partial charge in [-0.3, -0.25) is 4.79 Å². The molecule has 0 aliphatic heterocycles. The van der Waals surface area contributed by atoms with Crippen LogP contribution in [-0.2, 0) is 17.8 Å². The van der Waals surface area contributed by atoms with E-state index >= 15 is 0 Å². The van der Waals surface area contributed by atoms with E-state index in [1.165, 1.54) is 0 Å². The smallest absolute Gasteiger partial charge is 0.261 e. The normalized spacial score (nSPS) is 10.8. The van der Waals surface area contributed by atoms with E-state index in [-0.39, 0.29) is 5.57 Å². The summed E-state index contributed by atoms with van der Waals surface area (Å²) >= 11 is 0. The van der Waals surface area contributed by atoms with Crippen LogP contribution in [0.5, 0.6) is 17.2 Å². The van der Waals surface area contributed by atoms with Crippen molar-refractivity contribution in [3.63, 3.8) is 0 Å². The number of ether oxygens (including phenoxy) is 3. The van der Waals surface area contributed by atoms with Gasteiger partial charge in [0.1, 0.15) is 24.0 Å². The first-order chi connectivity index (χ1) is 16.1. The van der Waals surface area contributed by atoms with Crippen LogP contribution in [0.15, 0.2) is 78.4 Å². The second kappa shape index (κ2) is 12.0. The third-order valence-corrected chi connectivity index (χ3v) is 4.97. The first-order valence-electron chi connectivity index (χ1n) is 10.5. The Hall–Kier alpha value is -4.24. The van der Waals surface area contributed by atoms with E-state index in [0.29, 0.717) is 42.4 Å². The van der Waals surface area contributed by atoms with Crippen LogP contribution in [0.3, 0.4) is 0 Å². The zero-order valence-corrected chi connectivity index (χ0v) is 18.7. The van der Waals surface area contributed by atoms with Gasteiger partial charge in [-0.2, -0.15) is 5.26 Å².